The lowest BCUT2D eigenvalue weighted by atomic mass is 10.1. The Labute approximate surface area is 233 Å². The summed E-state index contributed by atoms with van der Waals surface area (Å²) >= 11 is 0. The van der Waals surface area contributed by atoms with Gasteiger partial charge in [-0.25, -0.2) is 4.79 Å². The number of carboxylic acids is 1. The SMILES string of the molecule is O=C(O)C(F)(F)F.O=C1NCCc2[nH]c(-c3ccnc(-c4ccc(OCCCC(=O)N5CCOCC5)cc4)c3)cc21. The molecule has 3 N–H and O–H groups in total. The Morgan fingerprint density at radius 2 is 1.78 bits per heavy atom. The lowest BCUT2D eigenvalue weighted by Crippen LogP contribution is -2.40. The topological polar surface area (TPSA) is 134 Å². The fourth-order valence-electron chi connectivity index (χ4n) is 4.31. The second-order valence-corrected chi connectivity index (χ2v) is 9.28. The predicted molar refractivity (Wildman–Crippen MR) is 141 cm³/mol. The molecule has 2 amide bonds. The number of pyridine rings is 1. The van der Waals surface area contributed by atoms with Crippen molar-refractivity contribution in [2.45, 2.75) is 25.4 Å². The molecular formula is C28H29F3N4O6. The van der Waals surface area contributed by atoms with Gasteiger partial charge in [0, 0.05) is 61.2 Å². The Kier molecular flexibility index (Phi) is 9.61. The number of nitrogens with one attached hydrogen (secondary N) is 2. The molecule has 4 heterocycles. The van der Waals surface area contributed by atoms with Gasteiger partial charge in [-0.15, -0.1) is 0 Å². The summed E-state index contributed by atoms with van der Waals surface area (Å²) in [6, 6.07) is 13.7. The molecule has 2 aliphatic rings. The first-order valence-electron chi connectivity index (χ1n) is 13.0. The summed E-state index contributed by atoms with van der Waals surface area (Å²) in [4.78, 5) is 42.9. The minimum absolute atomic E-state index is 0.0286. The van der Waals surface area contributed by atoms with Crippen LogP contribution in [0, 0.1) is 0 Å². The van der Waals surface area contributed by atoms with E-state index in [-0.39, 0.29) is 11.8 Å². The number of alkyl halides is 3. The molecular weight excluding hydrogens is 545 g/mol. The van der Waals surface area contributed by atoms with E-state index in [9.17, 15) is 22.8 Å². The summed E-state index contributed by atoms with van der Waals surface area (Å²) in [6.45, 7) is 3.75. The van der Waals surface area contributed by atoms with Gasteiger partial charge in [-0.05, 0) is 48.9 Å². The highest BCUT2D eigenvalue weighted by Crippen LogP contribution is 2.28. The van der Waals surface area contributed by atoms with E-state index in [4.69, 9.17) is 19.4 Å². The second kappa shape index (κ2) is 13.3. The molecule has 0 unspecified atom stereocenters. The van der Waals surface area contributed by atoms with Gasteiger partial charge in [0.1, 0.15) is 5.75 Å². The Bertz CT molecular complexity index is 1370. The molecule has 0 aliphatic carbocycles. The maximum Gasteiger partial charge on any atom is 0.490 e. The lowest BCUT2D eigenvalue weighted by Gasteiger charge is -2.26. The standard InChI is InChI=1S/C26H28N4O4.C2HF3O2/c31-25(30-11-14-33-15-12-30)2-1-13-34-20-5-3-18(4-6-20)23-16-19(7-9-27-23)24-17-21-22(29-24)8-10-28-26(21)32;3-2(4,5)1(6)7/h3-7,9,16-17,29H,1-2,8,10-15H2,(H,28,32);(H,6,7). The van der Waals surface area contributed by atoms with Gasteiger partial charge in [0.15, 0.2) is 0 Å². The average Bonchev–Trinajstić information content (AvgIpc) is 3.42. The van der Waals surface area contributed by atoms with Gasteiger partial charge in [0.2, 0.25) is 5.91 Å². The van der Waals surface area contributed by atoms with E-state index in [0.29, 0.717) is 57.9 Å². The van der Waals surface area contributed by atoms with Gasteiger partial charge < -0.3 is 29.8 Å². The first-order valence-corrected chi connectivity index (χ1v) is 13.0. The van der Waals surface area contributed by atoms with Crippen LogP contribution in [0.4, 0.5) is 13.2 Å². The highest BCUT2D eigenvalue weighted by atomic mass is 19.4. The lowest BCUT2D eigenvalue weighted by molar-refractivity contribution is -0.192. The number of rotatable bonds is 7. The van der Waals surface area contributed by atoms with Crippen LogP contribution in [-0.4, -0.2) is 83.4 Å². The van der Waals surface area contributed by atoms with Gasteiger partial charge in [-0.2, -0.15) is 13.2 Å². The number of nitrogens with zero attached hydrogens (tertiary/aromatic N) is 2. The summed E-state index contributed by atoms with van der Waals surface area (Å²) in [6.07, 6.45) is -1.33. The number of carboxylic acid groups (broad SMARTS) is 1. The van der Waals surface area contributed by atoms with Crippen molar-refractivity contribution in [3.8, 4) is 28.3 Å². The van der Waals surface area contributed by atoms with Gasteiger partial charge in [-0.1, -0.05) is 0 Å². The number of carbonyl (C=O) groups excluding carboxylic acids is 2. The minimum Gasteiger partial charge on any atom is -0.494 e. The predicted octanol–water partition coefficient (Wildman–Crippen LogP) is 3.68. The number of fused-ring (bicyclic) bond motifs is 1. The van der Waals surface area contributed by atoms with Gasteiger partial charge in [0.05, 0.1) is 31.1 Å². The zero-order valence-electron chi connectivity index (χ0n) is 22.0. The monoisotopic (exact) mass is 574 g/mol. The number of aliphatic carboxylic acids is 1. The van der Waals surface area contributed by atoms with Crippen molar-refractivity contribution in [1.82, 2.24) is 20.2 Å². The molecule has 13 heteroatoms. The highest BCUT2D eigenvalue weighted by molar-refractivity contribution is 5.97. The van der Waals surface area contributed by atoms with Crippen molar-refractivity contribution in [2.24, 2.45) is 0 Å². The Hall–Kier alpha value is -4.39. The molecule has 0 saturated carbocycles. The van der Waals surface area contributed by atoms with E-state index in [0.717, 1.165) is 40.4 Å². The number of hydrogen-bond acceptors (Lipinski definition) is 6. The molecule has 1 fully saturated rings. The van der Waals surface area contributed by atoms with Gasteiger partial charge >= 0.3 is 12.1 Å². The van der Waals surface area contributed by atoms with Crippen LogP contribution in [0.1, 0.15) is 28.9 Å². The maximum atomic E-state index is 12.2. The van der Waals surface area contributed by atoms with Crippen molar-refractivity contribution in [3.63, 3.8) is 0 Å². The van der Waals surface area contributed by atoms with Crippen molar-refractivity contribution in [1.29, 1.82) is 0 Å². The molecule has 0 spiro atoms. The average molecular weight is 575 g/mol. The summed E-state index contributed by atoms with van der Waals surface area (Å²) in [5.41, 5.74) is 5.41. The van der Waals surface area contributed by atoms with Crippen molar-refractivity contribution in [2.75, 3.05) is 39.5 Å². The van der Waals surface area contributed by atoms with Crippen LogP contribution in [0.15, 0.2) is 48.7 Å². The molecule has 2 aliphatic heterocycles. The van der Waals surface area contributed by atoms with Crippen LogP contribution in [0.25, 0.3) is 22.5 Å². The molecule has 1 saturated heterocycles. The van der Waals surface area contributed by atoms with E-state index in [2.05, 4.69) is 15.3 Å². The molecule has 1 aromatic carbocycles. The Morgan fingerprint density at radius 3 is 2.44 bits per heavy atom. The molecule has 218 valence electrons. The first-order chi connectivity index (χ1) is 19.6. The van der Waals surface area contributed by atoms with E-state index in [1.54, 1.807) is 6.20 Å². The van der Waals surface area contributed by atoms with Crippen LogP contribution < -0.4 is 10.1 Å². The minimum atomic E-state index is -5.08. The van der Waals surface area contributed by atoms with E-state index in [1.165, 1.54) is 0 Å². The number of morpholine rings is 1. The van der Waals surface area contributed by atoms with Crippen molar-refractivity contribution < 1.29 is 42.1 Å². The maximum absolute atomic E-state index is 12.2. The molecule has 10 nitrogen and oxygen atoms in total. The Morgan fingerprint density at radius 1 is 1.07 bits per heavy atom. The molecule has 41 heavy (non-hydrogen) atoms. The number of carbonyl (C=O) groups is 3. The van der Waals surface area contributed by atoms with Gasteiger partial charge in [-0.3, -0.25) is 14.6 Å². The molecule has 2 aromatic heterocycles. The van der Waals surface area contributed by atoms with E-state index in [1.807, 2.05) is 47.4 Å². The van der Waals surface area contributed by atoms with Crippen LogP contribution in [0.5, 0.6) is 5.75 Å². The Balaban J connectivity index is 0.000000493. The highest BCUT2D eigenvalue weighted by Gasteiger charge is 2.38. The summed E-state index contributed by atoms with van der Waals surface area (Å²) < 4.78 is 42.8. The van der Waals surface area contributed by atoms with Crippen LogP contribution in [0.2, 0.25) is 0 Å². The molecule has 0 atom stereocenters. The third kappa shape index (κ3) is 8.07. The van der Waals surface area contributed by atoms with Crippen LogP contribution >= 0.6 is 0 Å². The fourth-order valence-corrected chi connectivity index (χ4v) is 4.31. The number of halogens is 3. The normalized spacial score (nSPS) is 14.8. The number of hydrogen-bond donors (Lipinski definition) is 3. The number of benzene rings is 1. The van der Waals surface area contributed by atoms with Crippen LogP contribution in [-0.2, 0) is 20.7 Å². The molecule has 0 bridgehead atoms. The van der Waals surface area contributed by atoms with Crippen molar-refractivity contribution >= 4 is 17.8 Å². The zero-order valence-corrected chi connectivity index (χ0v) is 22.0. The third-order valence-electron chi connectivity index (χ3n) is 6.44. The number of aromatic nitrogens is 2. The summed E-state index contributed by atoms with van der Waals surface area (Å²) in [7, 11) is 0. The van der Waals surface area contributed by atoms with Crippen molar-refractivity contribution in [3.05, 3.63) is 59.9 Å². The zero-order chi connectivity index (χ0) is 29.4. The molecule has 3 aromatic rings. The number of H-pyrrole nitrogens is 1. The number of ether oxygens (including phenoxy) is 2. The number of aromatic amines is 1. The third-order valence-corrected chi connectivity index (χ3v) is 6.44. The van der Waals surface area contributed by atoms with E-state index >= 15 is 0 Å². The second-order valence-electron chi connectivity index (χ2n) is 9.28. The smallest absolute Gasteiger partial charge is 0.490 e. The molecule has 0 radical (unpaired) electrons. The van der Waals surface area contributed by atoms with E-state index < -0.39 is 12.1 Å². The largest absolute Gasteiger partial charge is 0.494 e. The summed E-state index contributed by atoms with van der Waals surface area (Å²) in [5, 5.41) is 10.0. The van der Waals surface area contributed by atoms with Crippen LogP contribution in [0.3, 0.4) is 0 Å². The quantitative estimate of drug-likeness (QED) is 0.367. The first kappa shape index (κ1) is 29.6. The molecule has 5 rings (SSSR count). The number of amides is 2. The summed E-state index contributed by atoms with van der Waals surface area (Å²) in [5.74, 6) is -1.86. The van der Waals surface area contributed by atoms with Gasteiger partial charge in [0.25, 0.3) is 5.91 Å². The fraction of sp³-hybridized carbons (Fsp3) is 0.357.